The zero-order valence-electron chi connectivity index (χ0n) is 15.2. The minimum Gasteiger partial charge on any atom is -0.480 e. The summed E-state index contributed by atoms with van der Waals surface area (Å²) in [5.41, 5.74) is 5.91. The molecule has 0 saturated carbocycles. The molecule has 0 aromatic heterocycles. The molecule has 6 nitrogen and oxygen atoms in total. The molecule has 0 bridgehead atoms. The van der Waals surface area contributed by atoms with Crippen molar-refractivity contribution >= 4 is 17.4 Å². The van der Waals surface area contributed by atoms with Crippen molar-refractivity contribution < 1.29 is 32.2 Å². The standard InChI is InChI=1S/C18H21F3N2O4/c1-11-8-17(2,3)9-14(24)16(11)26-10-15(25)23-22-12-4-6-13(7-5-12)27-18(19,20)21/h4-7,22H,8-10H2,1-3H3,(H,23,25). The molecular weight excluding hydrogens is 365 g/mol. The fraction of sp³-hybridized carbons (Fsp3) is 0.444. The Morgan fingerprint density at radius 2 is 1.81 bits per heavy atom. The summed E-state index contributed by atoms with van der Waals surface area (Å²) in [7, 11) is 0. The Balaban J connectivity index is 1.82. The predicted octanol–water partition coefficient (Wildman–Crippen LogP) is 3.71. The molecule has 1 aromatic rings. The van der Waals surface area contributed by atoms with Crippen LogP contribution in [0, 0.1) is 5.41 Å². The molecule has 1 aromatic carbocycles. The van der Waals surface area contributed by atoms with E-state index >= 15 is 0 Å². The zero-order chi connectivity index (χ0) is 20.2. The van der Waals surface area contributed by atoms with Gasteiger partial charge in [-0.15, -0.1) is 13.2 Å². The van der Waals surface area contributed by atoms with Gasteiger partial charge in [-0.25, -0.2) is 0 Å². The minimum absolute atomic E-state index is 0.125. The molecule has 0 heterocycles. The Morgan fingerprint density at radius 3 is 2.37 bits per heavy atom. The zero-order valence-corrected chi connectivity index (χ0v) is 15.2. The molecule has 0 fully saturated rings. The van der Waals surface area contributed by atoms with Gasteiger partial charge < -0.3 is 9.47 Å². The highest BCUT2D eigenvalue weighted by Crippen LogP contribution is 2.36. The highest BCUT2D eigenvalue weighted by atomic mass is 19.4. The Labute approximate surface area is 154 Å². The Bertz CT molecular complexity index is 740. The Morgan fingerprint density at radius 1 is 1.19 bits per heavy atom. The molecule has 2 N–H and O–H groups in total. The molecule has 9 heteroatoms. The van der Waals surface area contributed by atoms with E-state index in [-0.39, 0.29) is 29.3 Å². The van der Waals surface area contributed by atoms with Crippen LogP contribution in [0.3, 0.4) is 0 Å². The SMILES string of the molecule is CC1=C(OCC(=O)NNc2ccc(OC(F)(F)F)cc2)C(=O)CC(C)(C)C1. The number of Topliss-reactive ketones (excluding diaryl/α,β-unsaturated/α-hetero) is 1. The molecule has 27 heavy (non-hydrogen) atoms. The molecule has 0 aliphatic heterocycles. The molecule has 0 atom stereocenters. The number of amides is 1. The maximum Gasteiger partial charge on any atom is 0.573 e. The lowest BCUT2D eigenvalue weighted by atomic mass is 9.76. The smallest absolute Gasteiger partial charge is 0.480 e. The van der Waals surface area contributed by atoms with Gasteiger partial charge in [-0.05, 0) is 48.6 Å². The first kappa shape index (κ1) is 20.6. The lowest BCUT2D eigenvalue weighted by Crippen LogP contribution is -2.34. The first-order valence-electron chi connectivity index (χ1n) is 8.22. The molecule has 148 valence electrons. The van der Waals surface area contributed by atoms with Crippen molar-refractivity contribution in [2.45, 2.75) is 40.0 Å². The number of ketones is 1. The van der Waals surface area contributed by atoms with E-state index in [2.05, 4.69) is 15.6 Å². The second-order valence-electron chi connectivity index (χ2n) is 7.08. The maximum atomic E-state index is 12.1. The summed E-state index contributed by atoms with van der Waals surface area (Å²) in [4.78, 5) is 24.0. The Kier molecular flexibility index (Phi) is 6.02. The van der Waals surface area contributed by atoms with E-state index in [0.717, 1.165) is 17.7 Å². The number of carbonyl (C=O) groups excluding carboxylic acids is 2. The Hall–Kier alpha value is -2.71. The monoisotopic (exact) mass is 386 g/mol. The van der Waals surface area contributed by atoms with Crippen molar-refractivity contribution in [3.63, 3.8) is 0 Å². The van der Waals surface area contributed by atoms with Gasteiger partial charge in [0.1, 0.15) is 5.75 Å². The van der Waals surface area contributed by atoms with Gasteiger partial charge in [0.25, 0.3) is 5.91 Å². The predicted molar refractivity (Wildman–Crippen MR) is 91.6 cm³/mol. The number of hydrazine groups is 1. The quantitative estimate of drug-likeness (QED) is 0.729. The molecule has 0 radical (unpaired) electrons. The van der Waals surface area contributed by atoms with Gasteiger partial charge in [0, 0.05) is 6.42 Å². The van der Waals surface area contributed by atoms with Crippen molar-refractivity contribution in [2.24, 2.45) is 5.41 Å². The van der Waals surface area contributed by atoms with Crippen molar-refractivity contribution in [2.75, 3.05) is 12.0 Å². The number of hydrogen-bond acceptors (Lipinski definition) is 5. The van der Waals surface area contributed by atoms with Crippen LogP contribution in [0.2, 0.25) is 0 Å². The van der Waals surface area contributed by atoms with Crippen LogP contribution in [0.1, 0.15) is 33.6 Å². The molecule has 2 rings (SSSR count). The average molecular weight is 386 g/mol. The third-order valence-corrected chi connectivity index (χ3v) is 3.81. The van der Waals surface area contributed by atoms with E-state index in [1.165, 1.54) is 12.1 Å². The van der Waals surface area contributed by atoms with Gasteiger partial charge >= 0.3 is 6.36 Å². The van der Waals surface area contributed by atoms with E-state index in [9.17, 15) is 22.8 Å². The van der Waals surface area contributed by atoms with Crippen LogP contribution in [0.25, 0.3) is 0 Å². The van der Waals surface area contributed by atoms with Crippen molar-refractivity contribution in [1.29, 1.82) is 0 Å². The van der Waals surface area contributed by atoms with Crippen LogP contribution in [-0.4, -0.2) is 24.7 Å². The van der Waals surface area contributed by atoms with Crippen LogP contribution >= 0.6 is 0 Å². The fourth-order valence-corrected chi connectivity index (χ4v) is 2.87. The highest BCUT2D eigenvalue weighted by molar-refractivity contribution is 5.96. The lowest BCUT2D eigenvalue weighted by Gasteiger charge is -2.30. The third kappa shape index (κ3) is 6.50. The molecular formula is C18H21F3N2O4. The summed E-state index contributed by atoms with van der Waals surface area (Å²) in [6, 6.07) is 4.83. The van der Waals surface area contributed by atoms with Gasteiger partial charge in [-0.2, -0.15) is 0 Å². The number of carbonyl (C=O) groups is 2. The molecule has 1 aliphatic rings. The first-order valence-corrected chi connectivity index (χ1v) is 8.22. The normalized spacial score (nSPS) is 16.7. The largest absolute Gasteiger partial charge is 0.573 e. The first-order chi connectivity index (χ1) is 12.5. The minimum atomic E-state index is -4.76. The van der Waals surface area contributed by atoms with E-state index in [1.807, 2.05) is 13.8 Å². The number of benzene rings is 1. The number of ether oxygens (including phenoxy) is 2. The number of nitrogens with one attached hydrogen (secondary N) is 2. The van der Waals surface area contributed by atoms with E-state index < -0.39 is 12.3 Å². The van der Waals surface area contributed by atoms with Gasteiger partial charge in [0.05, 0.1) is 5.69 Å². The van der Waals surface area contributed by atoms with Crippen molar-refractivity contribution in [3.8, 4) is 5.75 Å². The summed E-state index contributed by atoms with van der Waals surface area (Å²) in [5, 5.41) is 0. The topological polar surface area (TPSA) is 76.7 Å². The van der Waals surface area contributed by atoms with E-state index in [4.69, 9.17) is 4.74 Å². The molecule has 1 aliphatic carbocycles. The maximum absolute atomic E-state index is 12.1. The highest BCUT2D eigenvalue weighted by Gasteiger charge is 2.32. The van der Waals surface area contributed by atoms with Gasteiger partial charge in [-0.3, -0.25) is 20.4 Å². The molecule has 1 amide bonds. The van der Waals surface area contributed by atoms with Crippen molar-refractivity contribution in [1.82, 2.24) is 5.43 Å². The number of anilines is 1. The number of allylic oxidation sites excluding steroid dienone is 2. The second-order valence-corrected chi connectivity index (χ2v) is 7.08. The van der Waals surface area contributed by atoms with Crippen molar-refractivity contribution in [3.05, 3.63) is 35.6 Å². The second kappa shape index (κ2) is 7.89. The van der Waals surface area contributed by atoms with E-state index in [1.54, 1.807) is 6.92 Å². The van der Waals surface area contributed by atoms with Gasteiger partial charge in [-0.1, -0.05) is 13.8 Å². The van der Waals surface area contributed by atoms with Crippen LogP contribution in [0.15, 0.2) is 35.6 Å². The molecule has 0 saturated heterocycles. The fourth-order valence-electron chi connectivity index (χ4n) is 2.87. The average Bonchev–Trinajstić information content (AvgIpc) is 2.50. The lowest BCUT2D eigenvalue weighted by molar-refractivity contribution is -0.274. The number of halogens is 3. The summed E-state index contributed by atoms with van der Waals surface area (Å²) in [5.74, 6) is -0.824. The summed E-state index contributed by atoms with van der Waals surface area (Å²) in [6.45, 7) is 5.43. The summed E-state index contributed by atoms with van der Waals surface area (Å²) < 4.78 is 45.4. The van der Waals surface area contributed by atoms with Crippen LogP contribution in [0.4, 0.5) is 18.9 Å². The van der Waals surface area contributed by atoms with Crippen LogP contribution in [-0.2, 0) is 14.3 Å². The van der Waals surface area contributed by atoms with Crippen LogP contribution in [0.5, 0.6) is 5.75 Å². The summed E-state index contributed by atoms with van der Waals surface area (Å²) >= 11 is 0. The van der Waals surface area contributed by atoms with E-state index in [0.29, 0.717) is 18.5 Å². The number of rotatable bonds is 6. The molecule has 0 unspecified atom stereocenters. The van der Waals surface area contributed by atoms with Crippen LogP contribution < -0.4 is 15.6 Å². The van der Waals surface area contributed by atoms with Gasteiger partial charge in [0.2, 0.25) is 0 Å². The van der Waals surface area contributed by atoms with Gasteiger partial charge in [0.15, 0.2) is 18.1 Å². The summed E-state index contributed by atoms with van der Waals surface area (Å²) in [6.07, 6.45) is -3.70. The number of hydrogen-bond donors (Lipinski definition) is 2. The molecule has 0 spiro atoms. The number of alkyl halides is 3. The third-order valence-electron chi connectivity index (χ3n) is 3.81.